The van der Waals surface area contributed by atoms with Gasteiger partial charge in [0.25, 0.3) is 0 Å². The Morgan fingerprint density at radius 3 is 2.65 bits per heavy atom. The molecule has 0 radical (unpaired) electrons. The van der Waals surface area contributed by atoms with Gasteiger partial charge in [-0.15, -0.1) is 0 Å². The molecule has 2 unspecified atom stereocenters. The van der Waals surface area contributed by atoms with Crippen molar-refractivity contribution < 1.29 is 18.3 Å². The molecule has 0 aliphatic carbocycles. The average molecular weight is 251 g/mol. The van der Waals surface area contributed by atoms with E-state index in [1.807, 2.05) is 6.92 Å². The molecule has 0 aromatic carbocycles. The molecule has 1 rings (SSSR count). The van der Waals surface area contributed by atoms with Crippen LogP contribution < -0.4 is 5.32 Å². The first kappa shape index (κ1) is 14.0. The molecule has 17 heavy (non-hydrogen) atoms. The van der Waals surface area contributed by atoms with Gasteiger partial charge < -0.3 is 10.4 Å². The second-order valence-corrected chi connectivity index (χ2v) is 3.82. The highest BCUT2D eigenvalue weighted by atomic mass is 19.4. The van der Waals surface area contributed by atoms with Crippen LogP contribution in [0.3, 0.4) is 0 Å². The largest absolute Gasteiger partial charge is 0.415 e. The van der Waals surface area contributed by atoms with E-state index in [4.69, 9.17) is 5.11 Å². The van der Waals surface area contributed by atoms with Gasteiger partial charge in [0.1, 0.15) is 0 Å². The van der Waals surface area contributed by atoms with Crippen molar-refractivity contribution in [1.29, 1.82) is 0 Å². The van der Waals surface area contributed by atoms with Gasteiger partial charge in [-0.25, -0.2) is 0 Å². The van der Waals surface area contributed by atoms with Crippen molar-refractivity contribution >= 4 is 0 Å². The minimum Gasteiger partial charge on any atom is -0.382 e. The molecule has 1 heterocycles. The first-order chi connectivity index (χ1) is 7.84. The van der Waals surface area contributed by atoms with Crippen molar-refractivity contribution in [3.8, 4) is 0 Å². The predicted molar refractivity (Wildman–Crippen MR) is 56.4 cm³/mol. The van der Waals surface area contributed by atoms with E-state index in [0.717, 1.165) is 5.56 Å². The zero-order valence-electron chi connectivity index (χ0n) is 9.70. The van der Waals surface area contributed by atoms with Crippen LogP contribution in [0.1, 0.15) is 25.5 Å². The zero-order valence-corrected chi connectivity index (χ0v) is 9.70. The molecule has 0 amide bonds. The maximum absolute atomic E-state index is 12.1. The van der Waals surface area contributed by atoms with E-state index in [1.165, 1.54) is 0 Å². The van der Waals surface area contributed by atoms with Gasteiger partial charge in [0, 0.05) is 30.9 Å². The smallest absolute Gasteiger partial charge is 0.382 e. The quantitative estimate of drug-likeness (QED) is 0.833. The molecule has 7 heteroatoms. The number of aliphatic hydroxyl groups is 1. The Hall–Kier alpha value is -1.08. The molecule has 0 aliphatic rings. The van der Waals surface area contributed by atoms with Crippen molar-refractivity contribution in [2.45, 2.75) is 38.7 Å². The second-order valence-electron chi connectivity index (χ2n) is 3.82. The van der Waals surface area contributed by atoms with Crippen LogP contribution in [0, 0.1) is 0 Å². The second kappa shape index (κ2) is 5.50. The van der Waals surface area contributed by atoms with Crippen LogP contribution in [0.15, 0.2) is 12.4 Å². The standard InChI is InChI=1S/C10H16F3N3O/c1-3-16-6-8(4-15-16)7(2)14-5-9(17)10(11,12)13/h4,6-7,9,14,17H,3,5H2,1-2H3. The van der Waals surface area contributed by atoms with E-state index in [1.54, 1.807) is 24.0 Å². The summed E-state index contributed by atoms with van der Waals surface area (Å²) in [5.74, 6) is 0. The Balaban J connectivity index is 2.47. The van der Waals surface area contributed by atoms with E-state index < -0.39 is 18.8 Å². The number of hydrogen-bond acceptors (Lipinski definition) is 3. The van der Waals surface area contributed by atoms with Gasteiger partial charge in [0.05, 0.1) is 6.20 Å². The Labute approximate surface area is 97.4 Å². The van der Waals surface area contributed by atoms with Gasteiger partial charge in [0.15, 0.2) is 6.10 Å². The highest BCUT2D eigenvalue weighted by Gasteiger charge is 2.37. The van der Waals surface area contributed by atoms with Crippen molar-refractivity contribution in [3.05, 3.63) is 18.0 Å². The summed E-state index contributed by atoms with van der Waals surface area (Å²) in [4.78, 5) is 0. The van der Waals surface area contributed by atoms with Gasteiger partial charge in [0.2, 0.25) is 0 Å². The number of aryl methyl sites for hydroxylation is 1. The van der Waals surface area contributed by atoms with Crippen molar-refractivity contribution in [2.75, 3.05) is 6.54 Å². The summed E-state index contributed by atoms with van der Waals surface area (Å²) in [5, 5.41) is 15.5. The lowest BCUT2D eigenvalue weighted by Gasteiger charge is -2.18. The van der Waals surface area contributed by atoms with Gasteiger partial charge >= 0.3 is 6.18 Å². The van der Waals surface area contributed by atoms with E-state index in [-0.39, 0.29) is 6.04 Å². The van der Waals surface area contributed by atoms with Crippen LogP contribution in [-0.4, -0.2) is 33.7 Å². The fourth-order valence-electron chi connectivity index (χ4n) is 1.30. The number of aromatic nitrogens is 2. The van der Waals surface area contributed by atoms with Crippen LogP contribution in [0.4, 0.5) is 13.2 Å². The molecule has 2 N–H and O–H groups in total. The number of nitrogens with one attached hydrogen (secondary N) is 1. The first-order valence-corrected chi connectivity index (χ1v) is 5.35. The Bertz CT molecular complexity index is 351. The summed E-state index contributed by atoms with van der Waals surface area (Å²) in [6, 6.07) is -0.285. The third kappa shape index (κ3) is 4.01. The summed E-state index contributed by atoms with van der Waals surface area (Å²) in [6.45, 7) is 3.82. The van der Waals surface area contributed by atoms with Crippen LogP contribution in [0.5, 0.6) is 0 Å². The Kier molecular flexibility index (Phi) is 4.53. The third-order valence-corrected chi connectivity index (χ3v) is 2.47. The number of aliphatic hydroxyl groups excluding tert-OH is 1. The molecular formula is C10H16F3N3O. The predicted octanol–water partition coefficient (Wildman–Crippen LogP) is 1.48. The molecule has 4 nitrogen and oxygen atoms in total. The Morgan fingerprint density at radius 1 is 1.53 bits per heavy atom. The molecule has 0 fully saturated rings. The topological polar surface area (TPSA) is 50.1 Å². The van der Waals surface area contributed by atoms with E-state index in [9.17, 15) is 13.2 Å². The molecular weight excluding hydrogens is 235 g/mol. The van der Waals surface area contributed by atoms with Crippen LogP contribution in [-0.2, 0) is 6.54 Å². The van der Waals surface area contributed by atoms with E-state index in [2.05, 4.69) is 10.4 Å². The molecule has 0 saturated heterocycles. The van der Waals surface area contributed by atoms with Crippen LogP contribution in [0.2, 0.25) is 0 Å². The normalized spacial score (nSPS) is 15.9. The number of alkyl halides is 3. The molecule has 0 aliphatic heterocycles. The van der Waals surface area contributed by atoms with Crippen molar-refractivity contribution in [1.82, 2.24) is 15.1 Å². The Morgan fingerprint density at radius 2 is 2.18 bits per heavy atom. The highest BCUT2D eigenvalue weighted by Crippen LogP contribution is 2.20. The summed E-state index contributed by atoms with van der Waals surface area (Å²) in [6.07, 6.45) is -3.56. The van der Waals surface area contributed by atoms with E-state index >= 15 is 0 Å². The third-order valence-electron chi connectivity index (χ3n) is 2.47. The SMILES string of the molecule is CCn1cc(C(C)NCC(O)C(F)(F)F)cn1. The summed E-state index contributed by atoms with van der Waals surface area (Å²) in [7, 11) is 0. The maximum atomic E-state index is 12.1. The summed E-state index contributed by atoms with van der Waals surface area (Å²) < 4.78 is 37.9. The maximum Gasteiger partial charge on any atom is 0.415 e. The minimum absolute atomic E-state index is 0.285. The summed E-state index contributed by atoms with van der Waals surface area (Å²) >= 11 is 0. The molecule has 0 saturated carbocycles. The molecule has 2 atom stereocenters. The molecule has 0 spiro atoms. The fraction of sp³-hybridized carbons (Fsp3) is 0.700. The van der Waals surface area contributed by atoms with Gasteiger partial charge in [-0.2, -0.15) is 18.3 Å². The number of hydrogen-bond donors (Lipinski definition) is 2. The lowest BCUT2D eigenvalue weighted by atomic mass is 10.2. The number of halogens is 3. The number of nitrogens with zero attached hydrogens (tertiary/aromatic N) is 2. The van der Waals surface area contributed by atoms with Gasteiger partial charge in [-0.05, 0) is 13.8 Å². The van der Waals surface area contributed by atoms with Crippen LogP contribution >= 0.6 is 0 Å². The lowest BCUT2D eigenvalue weighted by molar-refractivity contribution is -0.202. The molecule has 1 aromatic heterocycles. The first-order valence-electron chi connectivity index (χ1n) is 5.35. The zero-order chi connectivity index (χ0) is 13.1. The minimum atomic E-state index is -4.58. The fourth-order valence-corrected chi connectivity index (χ4v) is 1.30. The summed E-state index contributed by atoms with van der Waals surface area (Å²) in [5.41, 5.74) is 0.793. The monoisotopic (exact) mass is 251 g/mol. The number of rotatable bonds is 5. The average Bonchev–Trinajstić information content (AvgIpc) is 2.72. The van der Waals surface area contributed by atoms with Crippen molar-refractivity contribution in [3.63, 3.8) is 0 Å². The van der Waals surface area contributed by atoms with E-state index in [0.29, 0.717) is 6.54 Å². The van der Waals surface area contributed by atoms with Gasteiger partial charge in [-0.1, -0.05) is 0 Å². The molecule has 1 aromatic rings. The molecule has 98 valence electrons. The lowest BCUT2D eigenvalue weighted by Crippen LogP contribution is -2.39. The highest BCUT2D eigenvalue weighted by molar-refractivity contribution is 5.09. The van der Waals surface area contributed by atoms with Gasteiger partial charge in [-0.3, -0.25) is 4.68 Å². The molecule has 0 bridgehead atoms. The van der Waals surface area contributed by atoms with Crippen molar-refractivity contribution in [2.24, 2.45) is 0 Å². The van der Waals surface area contributed by atoms with Crippen LogP contribution in [0.25, 0.3) is 0 Å².